The van der Waals surface area contributed by atoms with Gasteiger partial charge in [0.25, 0.3) is 0 Å². The van der Waals surface area contributed by atoms with Gasteiger partial charge in [0, 0.05) is 92.0 Å². The summed E-state index contributed by atoms with van der Waals surface area (Å²) in [6.07, 6.45) is 7.76. The lowest BCUT2D eigenvalue weighted by Crippen LogP contribution is -2.31. The Morgan fingerprint density at radius 1 is 0.203 bits per heavy atom. The average Bonchev–Trinajstić information content (AvgIpc) is 1.64. The maximum Gasteiger partial charge on any atom is 0.220 e. The predicted octanol–water partition coefficient (Wildman–Crippen LogP) is 30.0. The minimum absolute atomic E-state index is 0.00456. The molecule has 0 saturated heterocycles. The van der Waals surface area contributed by atoms with Gasteiger partial charge in [0.15, 0.2) is 24.8 Å². The molecule has 0 atom stereocenters. The minimum Gasteiger partial charge on any atom is -0.456 e. The zero-order valence-electron chi connectivity index (χ0n) is 90.8. The van der Waals surface area contributed by atoms with Gasteiger partial charge in [-0.1, -0.05) is 205 Å². The van der Waals surface area contributed by atoms with Crippen LogP contribution >= 0.6 is 0 Å². The number of nitrogens with zero attached hydrogens (tertiary/aromatic N) is 4. The topological polar surface area (TPSA) is 68.1 Å². The van der Waals surface area contributed by atoms with E-state index in [4.69, 9.17) is 42.3 Å². The van der Waals surface area contributed by atoms with Gasteiger partial charge in [-0.05, 0) is 280 Å². The first-order chi connectivity index (χ1) is 69.4. The lowest BCUT2D eigenvalue weighted by molar-refractivity contribution is -0.660. The third-order valence-electron chi connectivity index (χ3n) is 24.7. The summed E-state index contributed by atoms with van der Waals surface area (Å²) in [6.45, 7) is -2.79. The first-order valence-electron chi connectivity index (χ1n) is 51.7. The Morgan fingerprint density at radius 2 is 0.547 bits per heavy atom. The number of aromatic nitrogens is 4. The number of fused-ring (bicyclic) bond motifs is 12. The molecule has 0 bridgehead atoms. The first-order valence-corrected chi connectivity index (χ1v) is 42.7. The molecule has 0 fully saturated rings. The Labute approximate surface area is 774 Å². The fraction of sp³-hybridized carbons (Fsp3) is 0.133. The van der Waals surface area contributed by atoms with E-state index in [9.17, 15) is 0 Å². The van der Waals surface area contributed by atoms with E-state index in [0.29, 0.717) is 38.9 Å². The van der Waals surface area contributed by atoms with E-state index in [1.54, 1.807) is 37.3 Å². The van der Waals surface area contributed by atoms with Crippen molar-refractivity contribution >= 4 is 87.8 Å². The van der Waals surface area contributed by atoms with Gasteiger partial charge >= 0.3 is 0 Å². The quantitative estimate of drug-likeness (QED) is 0.128. The van der Waals surface area contributed by atoms with Crippen molar-refractivity contribution in [3.63, 3.8) is 0 Å². The lowest BCUT2D eigenvalue weighted by Gasteiger charge is -2.16. The molecule has 22 aromatic rings. The van der Waals surface area contributed by atoms with Gasteiger partial charge in [0.2, 0.25) is 22.8 Å². The van der Waals surface area contributed by atoms with Gasteiger partial charge in [0.1, 0.15) is 72.9 Å². The SMILES string of the molecule is [2H]C([2H])([2H])c1cc(-c2ccccc2)cc(C([2H])([2H])[2H])c1-c1ccc[n+](C)c1-c1ccc2oc3ccccc3c2c1C.[2H]C([2H])([2H])c1cc(-c2ccccc2)ccc1-c1ccc[n+](C)c1-c1cc2c(cc1C)oc1ccccc12.[2H]C([2H])([2H])c1cc(C)cc(C([2H])([2H])[2H])c1-c1ccc[n+](C)c1-c1cc2c(cc1C)oc1ccccc12.[2H]C([2H])([2H])c1cc(C)ccc1-c1ccc[n+](C)c1-c1cc2oc3ccccc3c2cc1C. The van der Waals surface area contributed by atoms with Gasteiger partial charge in [-0.3, -0.25) is 0 Å². The van der Waals surface area contributed by atoms with E-state index in [2.05, 4.69) is 59.4 Å². The van der Waals surface area contributed by atoms with Crippen molar-refractivity contribution in [1.82, 2.24) is 0 Å². The maximum absolute atomic E-state index is 8.50. The van der Waals surface area contributed by atoms with E-state index in [1.165, 1.54) is 0 Å². The van der Waals surface area contributed by atoms with Crippen LogP contribution in [-0.4, -0.2) is 0 Å². The second-order valence-corrected chi connectivity index (χ2v) is 33.2. The molecule has 0 radical (unpaired) electrons. The monoisotopic (exact) mass is 1680 g/mol. The van der Waals surface area contributed by atoms with Crippen molar-refractivity contribution in [1.29, 1.82) is 0 Å². The molecule has 0 saturated carbocycles. The fourth-order valence-electron chi connectivity index (χ4n) is 18.5. The Hall–Kier alpha value is -15.1. The Morgan fingerprint density at radius 3 is 1.03 bits per heavy atom. The summed E-state index contributed by atoms with van der Waals surface area (Å²) in [5, 5.41) is 8.17. The zero-order chi connectivity index (χ0) is 103. The van der Waals surface area contributed by atoms with Gasteiger partial charge in [0.05, 0.1) is 44.5 Å². The number of hydrogen-bond acceptors (Lipinski definition) is 4. The first kappa shape index (κ1) is 63.7. The standard InChI is InChI=1S/C33H28NO.C32H26NO.C28H26NO.C27H24NO/c1-21-19-25(24-11-6-5-7-12-24)20-22(2)31(21)28-14-10-18-34(4)33(28)26-16-17-30-32(23(26)3)27-13-8-9-15-29(27)35-30;1-21-18-24(23-10-5-4-6-11-23)15-16-25(21)27-13-9-17-33(3)32(27)28-20-29-26-12-7-8-14-30(26)34-31(29)19-22(28)2;1-17-13-19(3)27(20(4)14-17)22-10-8-12-29(5)28(22)23-16-24-21-9-6-7-11-25(21)30-26(24)15-18(23)2;1-17-11-12-20(18(2)14-17)22-9-7-13-28(4)27(22)23-16-26-24(15-19(23)3)21-8-5-6-10-25(21)29-26/h5-20H,1-4H3;4-20H,1-3H3;6-16H,1-5H3;5-16H,1-4H3/q4*+1/i1D3,2D3;1D3;3D3,4D3;2D3. The van der Waals surface area contributed by atoms with Crippen molar-refractivity contribution in [2.75, 3.05) is 0 Å². The molecule has 8 nitrogen and oxygen atoms in total. The molecule has 0 N–H and O–H groups in total. The van der Waals surface area contributed by atoms with Gasteiger partial charge in [-0.15, -0.1) is 0 Å². The Balaban J connectivity index is 0.000000123. The highest BCUT2D eigenvalue weighted by molar-refractivity contribution is 6.11. The Kier molecular flexibility index (Phi) is 17.0. The molecule has 8 aromatic heterocycles. The number of para-hydroxylation sites is 4. The molecule has 0 spiro atoms. The third kappa shape index (κ3) is 15.3. The lowest BCUT2D eigenvalue weighted by atomic mass is 9.88. The second-order valence-electron chi connectivity index (χ2n) is 33.2. The van der Waals surface area contributed by atoms with Crippen molar-refractivity contribution in [2.45, 2.75) is 82.7 Å². The predicted molar refractivity (Wildman–Crippen MR) is 531 cm³/mol. The molecule has 624 valence electrons. The molecule has 0 aliphatic heterocycles. The summed E-state index contributed by atoms with van der Waals surface area (Å²) in [4.78, 5) is 0. The van der Waals surface area contributed by atoms with Crippen LogP contribution in [0.1, 0.15) is 91.4 Å². The van der Waals surface area contributed by atoms with Crippen LogP contribution in [0.5, 0.6) is 0 Å². The molecule has 0 unspecified atom stereocenters. The van der Waals surface area contributed by atoms with Crippen LogP contribution in [0.15, 0.2) is 358 Å². The van der Waals surface area contributed by atoms with E-state index >= 15 is 0 Å². The molecule has 14 aromatic carbocycles. The highest BCUT2D eigenvalue weighted by atomic mass is 16.3. The molecule has 0 aliphatic rings. The number of benzene rings is 14. The summed E-state index contributed by atoms with van der Waals surface area (Å²) < 4.78 is 182. The number of pyridine rings is 4. The molecule has 0 aliphatic carbocycles. The largest absolute Gasteiger partial charge is 0.456 e. The van der Waals surface area contributed by atoms with Crippen LogP contribution in [0.2, 0.25) is 0 Å². The summed E-state index contributed by atoms with van der Waals surface area (Å²) in [7, 11) is 7.76. The van der Waals surface area contributed by atoms with Crippen LogP contribution in [0, 0.1) is 82.7 Å². The summed E-state index contributed by atoms with van der Waals surface area (Å²) >= 11 is 0. The highest BCUT2D eigenvalue weighted by Crippen LogP contribution is 2.46. The molecule has 22 rings (SSSR count). The zero-order valence-corrected chi connectivity index (χ0v) is 72.8. The van der Waals surface area contributed by atoms with E-state index in [1.807, 2.05) is 332 Å². The normalized spacial score (nSPS) is 14.1. The van der Waals surface area contributed by atoms with Gasteiger partial charge < -0.3 is 17.7 Å². The number of hydrogen-bond donors (Lipinski definition) is 0. The minimum atomic E-state index is -2.56. The van der Waals surface area contributed by atoms with E-state index in [-0.39, 0.29) is 33.4 Å². The second kappa shape index (κ2) is 34.1. The van der Waals surface area contributed by atoms with E-state index in [0.717, 1.165) is 194 Å². The van der Waals surface area contributed by atoms with Crippen molar-refractivity contribution in [2.24, 2.45) is 28.2 Å². The maximum atomic E-state index is 8.50. The molecule has 0 amide bonds. The van der Waals surface area contributed by atoms with Crippen LogP contribution < -0.4 is 18.3 Å². The smallest absolute Gasteiger partial charge is 0.220 e. The third-order valence-corrected chi connectivity index (χ3v) is 24.7. The van der Waals surface area contributed by atoms with Crippen LogP contribution in [0.4, 0.5) is 0 Å². The van der Waals surface area contributed by atoms with Crippen LogP contribution in [0.3, 0.4) is 0 Å². The van der Waals surface area contributed by atoms with Crippen LogP contribution in [-0.2, 0) is 28.2 Å². The van der Waals surface area contributed by atoms with Crippen LogP contribution in [0.25, 0.3) is 200 Å². The molecular weight excluding hydrogens is 1560 g/mol. The molecule has 8 heterocycles. The molecule has 128 heavy (non-hydrogen) atoms. The van der Waals surface area contributed by atoms with E-state index < -0.39 is 41.1 Å². The Bertz CT molecular complexity index is 8830. The number of furan rings is 4. The number of aryl methyl sites for hydroxylation is 16. The van der Waals surface area contributed by atoms with Crippen molar-refractivity contribution in [3.05, 3.63) is 407 Å². The summed E-state index contributed by atoms with van der Waals surface area (Å²) in [5.41, 5.74) is 28.0. The highest BCUT2D eigenvalue weighted by Gasteiger charge is 2.30. The summed E-state index contributed by atoms with van der Waals surface area (Å²) in [6, 6.07) is 100. The van der Waals surface area contributed by atoms with Crippen molar-refractivity contribution < 1.29 is 60.6 Å². The molecular formula is C120H104N4O4+4. The van der Waals surface area contributed by atoms with Gasteiger partial charge in [-0.2, -0.15) is 0 Å². The molecule has 8 heteroatoms. The van der Waals surface area contributed by atoms with Crippen molar-refractivity contribution in [3.8, 4) is 112 Å². The van der Waals surface area contributed by atoms with Gasteiger partial charge in [-0.25, -0.2) is 18.3 Å². The average molecular weight is 1680 g/mol. The number of rotatable bonds is 10. The fourth-order valence-corrected chi connectivity index (χ4v) is 18.5. The summed E-state index contributed by atoms with van der Waals surface area (Å²) in [5.74, 6) is 0.